The molecule has 0 saturated carbocycles. The number of benzene rings is 2. The van der Waals surface area contributed by atoms with Crippen LogP contribution in [0.2, 0.25) is 10.0 Å². The van der Waals surface area contributed by atoms with E-state index in [-0.39, 0.29) is 0 Å². The number of ether oxygens (including phenoxy) is 2. The lowest BCUT2D eigenvalue weighted by molar-refractivity contribution is 0.247. The fourth-order valence-electron chi connectivity index (χ4n) is 2.83. The molecule has 0 aliphatic heterocycles. The summed E-state index contributed by atoms with van der Waals surface area (Å²) in [6.07, 6.45) is 6.18. The lowest BCUT2D eigenvalue weighted by Crippen LogP contribution is -2.07. The molecule has 0 amide bonds. The van der Waals surface area contributed by atoms with E-state index >= 15 is 0 Å². The Labute approximate surface area is 175 Å². The first-order valence-electron chi connectivity index (χ1n) is 9.01. The summed E-state index contributed by atoms with van der Waals surface area (Å²) in [4.78, 5) is 4.15. The molecular weight excluding hydrogens is 395 g/mol. The normalized spacial score (nSPS) is 10.6. The van der Waals surface area contributed by atoms with Crippen LogP contribution in [0.25, 0.3) is 5.70 Å². The number of imidazole rings is 1. The standard InChI is InChI=1S/C22H22Cl2N2O2/c1-16(2)22(26-11-10-25-15-26)20-14-18(24)6-9-21(20)28-13-3-12-27-19-7-4-17(23)5-8-19/h4-11,14-15H,3,12-13H2,1-2H3. The van der Waals surface area contributed by atoms with Gasteiger partial charge in [0.15, 0.2) is 0 Å². The van der Waals surface area contributed by atoms with Crippen molar-refractivity contribution in [1.29, 1.82) is 0 Å². The lowest BCUT2D eigenvalue weighted by atomic mass is 10.1. The minimum atomic E-state index is 0.530. The van der Waals surface area contributed by atoms with E-state index in [1.165, 1.54) is 0 Å². The number of hydrogen-bond acceptors (Lipinski definition) is 3. The molecule has 0 atom stereocenters. The average Bonchev–Trinajstić information content (AvgIpc) is 3.18. The van der Waals surface area contributed by atoms with Gasteiger partial charge in [-0.1, -0.05) is 28.8 Å². The molecule has 146 valence electrons. The summed E-state index contributed by atoms with van der Waals surface area (Å²) < 4.78 is 13.7. The molecule has 3 rings (SSSR count). The Kier molecular flexibility index (Phi) is 7.01. The summed E-state index contributed by atoms with van der Waals surface area (Å²) in [6, 6.07) is 13.0. The highest BCUT2D eigenvalue weighted by Crippen LogP contribution is 2.32. The lowest BCUT2D eigenvalue weighted by Gasteiger charge is -2.17. The molecule has 0 aliphatic carbocycles. The summed E-state index contributed by atoms with van der Waals surface area (Å²) >= 11 is 12.1. The van der Waals surface area contributed by atoms with Gasteiger partial charge in [-0.2, -0.15) is 0 Å². The highest BCUT2D eigenvalue weighted by molar-refractivity contribution is 6.31. The molecule has 0 bridgehead atoms. The van der Waals surface area contributed by atoms with Gasteiger partial charge in [-0.05, 0) is 56.3 Å². The maximum absolute atomic E-state index is 6.26. The summed E-state index contributed by atoms with van der Waals surface area (Å²) in [7, 11) is 0. The third kappa shape index (κ3) is 5.31. The Morgan fingerprint density at radius 2 is 1.68 bits per heavy atom. The fraction of sp³-hybridized carbons (Fsp3) is 0.227. The van der Waals surface area contributed by atoms with Crippen molar-refractivity contribution in [3.8, 4) is 11.5 Å². The summed E-state index contributed by atoms with van der Waals surface area (Å²) in [5.41, 5.74) is 3.08. The zero-order valence-corrected chi connectivity index (χ0v) is 17.4. The van der Waals surface area contributed by atoms with Crippen LogP contribution >= 0.6 is 23.2 Å². The van der Waals surface area contributed by atoms with Gasteiger partial charge >= 0.3 is 0 Å². The number of halogens is 2. The van der Waals surface area contributed by atoms with E-state index in [1.54, 1.807) is 12.5 Å². The fourth-order valence-corrected chi connectivity index (χ4v) is 3.13. The molecular formula is C22H22Cl2N2O2. The summed E-state index contributed by atoms with van der Waals surface area (Å²) in [6.45, 7) is 5.20. The second-order valence-electron chi connectivity index (χ2n) is 6.46. The number of rotatable bonds is 8. The molecule has 1 aromatic heterocycles. The van der Waals surface area contributed by atoms with Crippen LogP contribution in [0.4, 0.5) is 0 Å². The van der Waals surface area contributed by atoms with Crippen molar-refractivity contribution in [2.24, 2.45) is 0 Å². The molecule has 0 saturated heterocycles. The van der Waals surface area contributed by atoms with Crippen molar-refractivity contribution >= 4 is 28.9 Å². The van der Waals surface area contributed by atoms with Crippen LogP contribution in [0.5, 0.6) is 11.5 Å². The zero-order chi connectivity index (χ0) is 19.9. The van der Waals surface area contributed by atoms with E-state index in [4.69, 9.17) is 32.7 Å². The Hall–Kier alpha value is -2.43. The van der Waals surface area contributed by atoms with Crippen molar-refractivity contribution in [2.75, 3.05) is 13.2 Å². The first kappa shape index (κ1) is 20.3. The molecule has 0 radical (unpaired) electrons. The molecule has 1 heterocycles. The molecule has 0 N–H and O–H groups in total. The van der Waals surface area contributed by atoms with Crippen LogP contribution in [0.15, 0.2) is 66.8 Å². The number of allylic oxidation sites excluding steroid dienone is 1. The highest BCUT2D eigenvalue weighted by Gasteiger charge is 2.13. The van der Waals surface area contributed by atoms with Crippen molar-refractivity contribution in [1.82, 2.24) is 9.55 Å². The number of nitrogens with zero attached hydrogens (tertiary/aromatic N) is 2. The summed E-state index contributed by atoms with van der Waals surface area (Å²) in [5, 5.41) is 1.35. The van der Waals surface area contributed by atoms with E-state index in [9.17, 15) is 0 Å². The quantitative estimate of drug-likeness (QED) is 0.402. The monoisotopic (exact) mass is 416 g/mol. The third-order valence-corrected chi connectivity index (χ3v) is 4.55. The largest absolute Gasteiger partial charge is 0.493 e. The molecule has 0 unspecified atom stereocenters. The van der Waals surface area contributed by atoms with Gasteiger partial charge in [-0.15, -0.1) is 0 Å². The second-order valence-corrected chi connectivity index (χ2v) is 7.34. The topological polar surface area (TPSA) is 36.3 Å². The van der Waals surface area contributed by atoms with E-state index in [1.807, 2.05) is 53.2 Å². The Balaban J connectivity index is 1.66. The van der Waals surface area contributed by atoms with Gasteiger partial charge in [0.1, 0.15) is 11.5 Å². The Morgan fingerprint density at radius 3 is 2.36 bits per heavy atom. The van der Waals surface area contributed by atoms with Crippen LogP contribution < -0.4 is 9.47 Å². The van der Waals surface area contributed by atoms with Gasteiger partial charge in [0.05, 0.1) is 25.2 Å². The van der Waals surface area contributed by atoms with Crippen LogP contribution in [0.3, 0.4) is 0 Å². The first-order chi connectivity index (χ1) is 13.5. The van der Waals surface area contributed by atoms with Gasteiger partial charge in [-0.25, -0.2) is 4.98 Å². The SMILES string of the molecule is CC(C)=C(c1cc(Cl)ccc1OCCCOc1ccc(Cl)cc1)n1ccnc1. The predicted octanol–water partition coefficient (Wildman–Crippen LogP) is 6.34. The van der Waals surface area contributed by atoms with Gasteiger partial charge in [0.2, 0.25) is 0 Å². The van der Waals surface area contributed by atoms with E-state index in [2.05, 4.69) is 18.8 Å². The highest BCUT2D eigenvalue weighted by atomic mass is 35.5. The average molecular weight is 417 g/mol. The first-order valence-corrected chi connectivity index (χ1v) is 9.77. The minimum absolute atomic E-state index is 0.530. The van der Waals surface area contributed by atoms with Crippen molar-refractivity contribution in [2.45, 2.75) is 20.3 Å². The van der Waals surface area contributed by atoms with Crippen molar-refractivity contribution in [3.63, 3.8) is 0 Å². The molecule has 28 heavy (non-hydrogen) atoms. The second kappa shape index (κ2) is 9.67. The van der Waals surface area contributed by atoms with Gasteiger partial charge in [0, 0.05) is 34.4 Å². The maximum Gasteiger partial charge on any atom is 0.128 e. The Bertz CT molecular complexity index is 932. The molecule has 4 nitrogen and oxygen atoms in total. The summed E-state index contributed by atoms with van der Waals surface area (Å²) in [5.74, 6) is 1.57. The van der Waals surface area contributed by atoms with Gasteiger partial charge < -0.3 is 14.0 Å². The number of hydrogen-bond donors (Lipinski definition) is 0. The smallest absolute Gasteiger partial charge is 0.128 e. The van der Waals surface area contributed by atoms with Crippen LogP contribution in [-0.4, -0.2) is 22.8 Å². The molecule has 0 aliphatic rings. The zero-order valence-electron chi connectivity index (χ0n) is 15.9. The predicted molar refractivity (Wildman–Crippen MR) is 114 cm³/mol. The molecule has 6 heteroatoms. The third-order valence-electron chi connectivity index (χ3n) is 4.06. The molecule has 3 aromatic rings. The minimum Gasteiger partial charge on any atom is -0.493 e. The van der Waals surface area contributed by atoms with Gasteiger partial charge in [0.25, 0.3) is 0 Å². The van der Waals surface area contributed by atoms with E-state index < -0.39 is 0 Å². The Morgan fingerprint density at radius 1 is 0.964 bits per heavy atom. The van der Waals surface area contributed by atoms with Crippen molar-refractivity contribution in [3.05, 3.63) is 82.4 Å². The molecule has 0 spiro atoms. The molecule has 0 fully saturated rings. The number of aromatic nitrogens is 2. The maximum atomic E-state index is 6.26. The van der Waals surface area contributed by atoms with Crippen molar-refractivity contribution < 1.29 is 9.47 Å². The van der Waals surface area contributed by atoms with Crippen LogP contribution in [0, 0.1) is 0 Å². The van der Waals surface area contributed by atoms with Crippen LogP contribution in [0.1, 0.15) is 25.8 Å². The van der Waals surface area contributed by atoms with E-state index in [0.29, 0.717) is 23.3 Å². The van der Waals surface area contributed by atoms with Crippen LogP contribution in [-0.2, 0) is 0 Å². The van der Waals surface area contributed by atoms with E-state index in [0.717, 1.165) is 34.8 Å². The van der Waals surface area contributed by atoms with Gasteiger partial charge in [-0.3, -0.25) is 0 Å². The molecule has 2 aromatic carbocycles.